The molecule has 0 bridgehead atoms. The normalized spacial score (nSPS) is 25.2. The van der Waals surface area contributed by atoms with Gasteiger partial charge in [0.25, 0.3) is 0 Å². The van der Waals surface area contributed by atoms with Crippen LogP contribution in [0, 0.1) is 11.3 Å². The molecular formula is C12H19NO2S. The fourth-order valence-corrected chi connectivity index (χ4v) is 3.17. The minimum absolute atomic E-state index is 0.121. The van der Waals surface area contributed by atoms with Gasteiger partial charge in [0, 0.05) is 38.0 Å². The number of allylic oxidation sites excluding steroid dienone is 2. The molecule has 0 aromatic heterocycles. The minimum atomic E-state index is -0.121. The van der Waals surface area contributed by atoms with Gasteiger partial charge in [-0.1, -0.05) is 13.8 Å². The molecule has 0 amide bonds. The van der Waals surface area contributed by atoms with E-state index in [1.165, 1.54) is 0 Å². The minimum Gasteiger partial charge on any atom is -0.433 e. The van der Waals surface area contributed by atoms with Gasteiger partial charge in [0.2, 0.25) is 0 Å². The summed E-state index contributed by atoms with van der Waals surface area (Å²) < 4.78 is 5.06. The number of hydrogen-bond donors (Lipinski definition) is 1. The van der Waals surface area contributed by atoms with Crippen LogP contribution in [0.2, 0.25) is 0 Å². The van der Waals surface area contributed by atoms with E-state index in [4.69, 9.17) is 4.18 Å². The van der Waals surface area contributed by atoms with Gasteiger partial charge in [0.1, 0.15) is 5.76 Å². The summed E-state index contributed by atoms with van der Waals surface area (Å²) in [6.07, 6.45) is 1.75. The molecular weight excluding hydrogens is 222 g/mol. The van der Waals surface area contributed by atoms with Crippen molar-refractivity contribution in [3.8, 4) is 0 Å². The Morgan fingerprint density at radius 2 is 2.06 bits per heavy atom. The highest BCUT2D eigenvalue weighted by Gasteiger charge is 2.51. The van der Waals surface area contributed by atoms with Crippen molar-refractivity contribution in [1.29, 1.82) is 0 Å². The molecule has 0 atom stereocenters. The van der Waals surface area contributed by atoms with Gasteiger partial charge in [-0.05, 0) is 19.4 Å². The Bertz CT molecular complexity index is 343. The van der Waals surface area contributed by atoms with Gasteiger partial charge in [0.15, 0.2) is 5.78 Å². The van der Waals surface area contributed by atoms with Crippen LogP contribution in [0.3, 0.4) is 0 Å². The van der Waals surface area contributed by atoms with Gasteiger partial charge in [-0.3, -0.25) is 4.79 Å². The number of likely N-dealkylation sites (tertiary alicyclic amines) is 1. The maximum Gasteiger partial charge on any atom is 0.171 e. The Hall–Kier alpha value is -0.480. The summed E-state index contributed by atoms with van der Waals surface area (Å²) >= 11 is 3.86. The predicted octanol–water partition coefficient (Wildman–Crippen LogP) is 2.05. The van der Waals surface area contributed by atoms with Gasteiger partial charge >= 0.3 is 0 Å². The van der Waals surface area contributed by atoms with Crippen molar-refractivity contribution in [2.24, 2.45) is 11.3 Å². The molecule has 0 unspecified atom stereocenters. The van der Waals surface area contributed by atoms with Crippen LogP contribution >= 0.6 is 12.9 Å². The number of hydrogen-bond acceptors (Lipinski definition) is 4. The number of rotatable bonds is 2. The van der Waals surface area contributed by atoms with Crippen LogP contribution in [0.1, 0.15) is 26.7 Å². The average Bonchev–Trinajstić information content (AvgIpc) is 2.18. The average molecular weight is 241 g/mol. The van der Waals surface area contributed by atoms with Crippen LogP contribution in [0.4, 0.5) is 0 Å². The van der Waals surface area contributed by atoms with E-state index in [1.54, 1.807) is 0 Å². The monoisotopic (exact) mass is 241 g/mol. The third kappa shape index (κ3) is 1.68. The maximum absolute atomic E-state index is 12.5. The Labute approximate surface area is 102 Å². The van der Waals surface area contributed by atoms with E-state index in [0.717, 1.165) is 37.3 Å². The topological polar surface area (TPSA) is 29.5 Å². The van der Waals surface area contributed by atoms with E-state index in [0.29, 0.717) is 0 Å². The number of Topliss-reactive ketones (excluding diaryl/α,β-unsaturated/α-hetero) is 1. The molecule has 0 radical (unpaired) electrons. The Morgan fingerprint density at radius 1 is 1.44 bits per heavy atom. The molecule has 1 saturated heterocycles. The summed E-state index contributed by atoms with van der Waals surface area (Å²) in [7, 11) is 2.06. The lowest BCUT2D eigenvalue weighted by Crippen LogP contribution is -2.60. The highest BCUT2D eigenvalue weighted by Crippen LogP contribution is 2.44. The second-order valence-electron chi connectivity index (χ2n) is 5.36. The first-order valence-corrected chi connectivity index (χ1v) is 6.14. The van der Waals surface area contributed by atoms with Crippen molar-refractivity contribution in [2.75, 3.05) is 20.1 Å². The third-order valence-corrected chi connectivity index (χ3v) is 3.91. The summed E-state index contributed by atoms with van der Waals surface area (Å²) in [5.41, 5.74) is 0.735. The summed E-state index contributed by atoms with van der Waals surface area (Å²) in [4.78, 5) is 14.7. The van der Waals surface area contributed by atoms with Gasteiger partial charge < -0.3 is 9.08 Å². The number of nitrogens with zero attached hydrogens (tertiary/aromatic N) is 1. The summed E-state index contributed by atoms with van der Waals surface area (Å²) in [5.74, 6) is 1.29. The summed E-state index contributed by atoms with van der Waals surface area (Å²) in [6.45, 7) is 5.87. The third-order valence-electron chi connectivity index (χ3n) is 3.69. The number of carbonyl (C=O) groups is 1. The van der Waals surface area contributed by atoms with E-state index in [9.17, 15) is 4.79 Å². The van der Waals surface area contributed by atoms with Crippen molar-refractivity contribution >= 4 is 18.7 Å². The van der Waals surface area contributed by atoms with E-state index >= 15 is 0 Å². The second kappa shape index (κ2) is 4.08. The van der Waals surface area contributed by atoms with Crippen molar-refractivity contribution in [1.82, 2.24) is 4.90 Å². The number of thiol groups is 1. The molecule has 1 spiro atoms. The van der Waals surface area contributed by atoms with E-state index in [-0.39, 0.29) is 17.1 Å². The molecule has 4 heteroatoms. The Kier molecular flexibility index (Phi) is 3.05. The zero-order chi connectivity index (χ0) is 11.9. The first kappa shape index (κ1) is 12.0. The zero-order valence-electron chi connectivity index (χ0n) is 10.1. The molecule has 1 aliphatic carbocycles. The van der Waals surface area contributed by atoms with Gasteiger partial charge in [-0.15, -0.1) is 0 Å². The smallest absolute Gasteiger partial charge is 0.171 e. The first-order valence-electron chi connectivity index (χ1n) is 5.78. The van der Waals surface area contributed by atoms with Crippen molar-refractivity contribution < 1.29 is 8.98 Å². The Balaban J connectivity index is 2.30. The van der Waals surface area contributed by atoms with Crippen LogP contribution < -0.4 is 0 Å². The highest BCUT2D eigenvalue weighted by atomic mass is 32.1. The maximum atomic E-state index is 12.5. The lowest BCUT2D eigenvalue weighted by molar-refractivity contribution is -0.136. The van der Waals surface area contributed by atoms with E-state index in [1.807, 2.05) is 13.8 Å². The molecule has 3 nitrogen and oxygen atoms in total. The van der Waals surface area contributed by atoms with E-state index in [2.05, 4.69) is 24.9 Å². The number of carbonyl (C=O) groups excluding carboxylic acids is 1. The molecule has 1 fully saturated rings. The number of ketones is 1. The van der Waals surface area contributed by atoms with Gasteiger partial charge in [-0.25, -0.2) is 0 Å². The highest BCUT2D eigenvalue weighted by molar-refractivity contribution is 7.75. The van der Waals surface area contributed by atoms with Crippen LogP contribution in [0.25, 0.3) is 0 Å². The lowest BCUT2D eigenvalue weighted by atomic mass is 9.65. The van der Waals surface area contributed by atoms with Gasteiger partial charge in [0.05, 0.1) is 5.41 Å². The van der Waals surface area contributed by atoms with Crippen LogP contribution in [-0.2, 0) is 8.98 Å². The Morgan fingerprint density at radius 3 is 2.50 bits per heavy atom. The molecule has 1 aliphatic heterocycles. The van der Waals surface area contributed by atoms with Crippen LogP contribution in [-0.4, -0.2) is 30.8 Å². The molecule has 0 aromatic rings. The van der Waals surface area contributed by atoms with Crippen molar-refractivity contribution in [3.63, 3.8) is 0 Å². The van der Waals surface area contributed by atoms with Crippen molar-refractivity contribution in [2.45, 2.75) is 26.7 Å². The fraction of sp³-hybridized carbons (Fsp3) is 0.750. The zero-order valence-corrected chi connectivity index (χ0v) is 11.0. The standard InChI is InChI=1S/C12H19NO2S/c1-8(2)10-9(15-16)4-5-12(11(10)14)6-13(3)7-12/h8,16H,4-7H2,1-3H3. The molecule has 0 N–H and O–H groups in total. The van der Waals surface area contributed by atoms with Crippen molar-refractivity contribution in [3.05, 3.63) is 11.3 Å². The van der Waals surface area contributed by atoms with E-state index < -0.39 is 0 Å². The van der Waals surface area contributed by atoms with Gasteiger partial charge in [-0.2, -0.15) is 0 Å². The largest absolute Gasteiger partial charge is 0.433 e. The van der Waals surface area contributed by atoms with Crippen LogP contribution in [0.15, 0.2) is 11.3 Å². The molecule has 1 heterocycles. The molecule has 2 rings (SSSR count). The second-order valence-corrected chi connectivity index (χ2v) is 5.55. The lowest BCUT2D eigenvalue weighted by Gasteiger charge is -2.50. The molecule has 0 aromatic carbocycles. The summed E-state index contributed by atoms with van der Waals surface area (Å²) in [5, 5.41) is 0. The molecule has 0 saturated carbocycles. The molecule has 16 heavy (non-hydrogen) atoms. The SMILES string of the molecule is CC(C)C1=C(OS)CCC2(CN(C)C2)C1=O. The van der Waals surface area contributed by atoms with Crippen LogP contribution in [0.5, 0.6) is 0 Å². The first-order chi connectivity index (χ1) is 7.50. The molecule has 2 aliphatic rings. The predicted molar refractivity (Wildman–Crippen MR) is 66.1 cm³/mol. The quantitative estimate of drug-likeness (QED) is 0.593. The molecule has 90 valence electrons. The summed E-state index contributed by atoms with van der Waals surface area (Å²) in [6, 6.07) is 0. The fourth-order valence-electron chi connectivity index (χ4n) is 2.98.